The Morgan fingerprint density at radius 2 is 1.81 bits per heavy atom. The second kappa shape index (κ2) is 7.29. The molecule has 0 aromatic carbocycles. The lowest BCUT2D eigenvalue weighted by Crippen LogP contribution is -2.47. The van der Waals surface area contributed by atoms with Crippen LogP contribution in [0.15, 0.2) is 0 Å². The minimum atomic E-state index is 0.189. The average Bonchev–Trinajstić information content (AvgIpc) is 2.15. The second-order valence-electron chi connectivity index (χ2n) is 6.05. The van der Waals surface area contributed by atoms with Crippen LogP contribution in [0.2, 0.25) is 0 Å². The first-order chi connectivity index (χ1) is 7.36. The Morgan fingerprint density at radius 3 is 2.12 bits per heavy atom. The van der Waals surface area contributed by atoms with Crippen molar-refractivity contribution in [3.8, 4) is 0 Å². The Morgan fingerprint density at radius 1 is 1.25 bits per heavy atom. The van der Waals surface area contributed by atoms with Crippen molar-refractivity contribution in [1.29, 1.82) is 0 Å². The maximum Gasteiger partial charge on any atom is 0.0772 e. The zero-order valence-corrected chi connectivity index (χ0v) is 12.3. The van der Waals surface area contributed by atoms with Crippen LogP contribution in [0.4, 0.5) is 0 Å². The minimum Gasteiger partial charge on any atom is -0.379 e. The predicted octanol–water partition coefficient (Wildman–Crippen LogP) is 3.46. The van der Waals surface area contributed by atoms with Crippen LogP contribution in [0.1, 0.15) is 53.9 Å². The molecule has 2 heteroatoms. The van der Waals surface area contributed by atoms with E-state index in [0.29, 0.717) is 6.04 Å². The summed E-state index contributed by atoms with van der Waals surface area (Å²) in [4.78, 5) is 0. The van der Waals surface area contributed by atoms with Crippen molar-refractivity contribution in [2.75, 3.05) is 14.2 Å². The molecular formula is C14H31NO. The molecule has 0 aromatic rings. The third-order valence-electron chi connectivity index (χ3n) is 3.28. The van der Waals surface area contributed by atoms with Gasteiger partial charge in [0.1, 0.15) is 0 Å². The Balaban J connectivity index is 4.45. The van der Waals surface area contributed by atoms with Crippen molar-refractivity contribution in [2.24, 2.45) is 11.3 Å². The first kappa shape index (κ1) is 15.9. The third-order valence-corrected chi connectivity index (χ3v) is 3.28. The molecule has 0 amide bonds. The van der Waals surface area contributed by atoms with Gasteiger partial charge < -0.3 is 10.1 Å². The summed E-state index contributed by atoms with van der Waals surface area (Å²) in [5, 5.41) is 3.42. The minimum absolute atomic E-state index is 0.189. The van der Waals surface area contributed by atoms with Crippen LogP contribution in [-0.4, -0.2) is 26.3 Å². The fraction of sp³-hybridized carbons (Fsp3) is 1.00. The highest BCUT2D eigenvalue weighted by atomic mass is 16.5. The van der Waals surface area contributed by atoms with E-state index >= 15 is 0 Å². The van der Waals surface area contributed by atoms with E-state index in [1.54, 1.807) is 0 Å². The summed E-state index contributed by atoms with van der Waals surface area (Å²) in [5.41, 5.74) is 0.189. The molecule has 0 aliphatic rings. The Kier molecular flexibility index (Phi) is 7.25. The maximum absolute atomic E-state index is 5.68. The van der Waals surface area contributed by atoms with Crippen molar-refractivity contribution in [3.63, 3.8) is 0 Å². The van der Waals surface area contributed by atoms with Gasteiger partial charge in [0.25, 0.3) is 0 Å². The molecular weight excluding hydrogens is 198 g/mol. The zero-order valence-electron chi connectivity index (χ0n) is 12.3. The van der Waals surface area contributed by atoms with Gasteiger partial charge in [0, 0.05) is 13.2 Å². The topological polar surface area (TPSA) is 21.3 Å². The maximum atomic E-state index is 5.68. The Bertz CT molecular complexity index is 174. The molecule has 2 nitrogen and oxygen atoms in total. The van der Waals surface area contributed by atoms with E-state index in [4.69, 9.17) is 4.74 Å². The summed E-state index contributed by atoms with van der Waals surface area (Å²) < 4.78 is 5.68. The van der Waals surface area contributed by atoms with Gasteiger partial charge in [-0.25, -0.2) is 0 Å². The number of nitrogens with one attached hydrogen (secondary N) is 1. The molecule has 98 valence electrons. The molecule has 1 N–H and O–H groups in total. The van der Waals surface area contributed by atoms with Crippen molar-refractivity contribution in [3.05, 3.63) is 0 Å². The first-order valence-electron chi connectivity index (χ1n) is 6.56. The summed E-state index contributed by atoms with van der Waals surface area (Å²) in [5.74, 6) is 0.766. The number of hydrogen-bond acceptors (Lipinski definition) is 2. The van der Waals surface area contributed by atoms with Gasteiger partial charge in [0.2, 0.25) is 0 Å². The van der Waals surface area contributed by atoms with Crippen LogP contribution in [0, 0.1) is 11.3 Å². The second-order valence-corrected chi connectivity index (χ2v) is 6.05. The monoisotopic (exact) mass is 229 g/mol. The van der Waals surface area contributed by atoms with Gasteiger partial charge in [-0.3, -0.25) is 0 Å². The number of ether oxygens (including phenoxy) is 1. The summed E-state index contributed by atoms with van der Waals surface area (Å²) in [6.07, 6.45) is 4.04. The lowest BCUT2D eigenvalue weighted by molar-refractivity contribution is -0.0148. The quantitative estimate of drug-likeness (QED) is 0.722. The summed E-state index contributed by atoms with van der Waals surface area (Å²) in [7, 11) is 3.87. The van der Waals surface area contributed by atoms with Crippen LogP contribution in [-0.2, 0) is 4.74 Å². The molecule has 0 saturated heterocycles. The van der Waals surface area contributed by atoms with Crippen molar-refractivity contribution < 1.29 is 4.74 Å². The molecule has 16 heavy (non-hydrogen) atoms. The van der Waals surface area contributed by atoms with E-state index < -0.39 is 0 Å². The zero-order chi connectivity index (χ0) is 12.8. The summed E-state index contributed by atoms with van der Waals surface area (Å²) >= 11 is 0. The van der Waals surface area contributed by atoms with E-state index in [2.05, 4.69) is 39.9 Å². The molecule has 0 aromatic heterocycles. The highest BCUT2D eigenvalue weighted by Crippen LogP contribution is 2.28. The highest BCUT2D eigenvalue weighted by molar-refractivity contribution is 4.86. The fourth-order valence-electron chi connectivity index (χ4n) is 2.56. The number of likely N-dealkylation sites (N-methyl/N-ethyl adjacent to an activating group) is 1. The van der Waals surface area contributed by atoms with Crippen LogP contribution < -0.4 is 5.32 Å². The van der Waals surface area contributed by atoms with Crippen LogP contribution in [0.5, 0.6) is 0 Å². The third kappa shape index (κ3) is 5.31. The number of methoxy groups -OCH3 is 1. The number of hydrogen-bond donors (Lipinski definition) is 1. The van der Waals surface area contributed by atoms with Crippen LogP contribution >= 0.6 is 0 Å². The van der Waals surface area contributed by atoms with Crippen LogP contribution in [0.3, 0.4) is 0 Å². The van der Waals surface area contributed by atoms with Crippen molar-refractivity contribution in [1.82, 2.24) is 5.32 Å². The molecule has 3 atom stereocenters. The smallest absolute Gasteiger partial charge is 0.0772 e. The lowest BCUT2D eigenvalue weighted by atomic mass is 9.81. The molecule has 0 radical (unpaired) electrons. The predicted molar refractivity (Wildman–Crippen MR) is 71.8 cm³/mol. The molecule has 0 bridgehead atoms. The standard InChI is InChI=1S/C14H31NO/c1-8-9-11(2)10-12(15-6)13(16-7)14(3,4)5/h11-13,15H,8-10H2,1-7H3. The van der Waals surface area contributed by atoms with Gasteiger partial charge >= 0.3 is 0 Å². The van der Waals surface area contributed by atoms with Crippen LogP contribution in [0.25, 0.3) is 0 Å². The van der Waals surface area contributed by atoms with E-state index in [1.807, 2.05) is 14.2 Å². The summed E-state index contributed by atoms with van der Waals surface area (Å²) in [6.45, 7) is 11.3. The molecule has 0 saturated carbocycles. The van der Waals surface area contributed by atoms with Gasteiger partial charge in [0.05, 0.1) is 6.10 Å². The van der Waals surface area contributed by atoms with Gasteiger partial charge in [0.15, 0.2) is 0 Å². The van der Waals surface area contributed by atoms with Gasteiger partial charge in [-0.1, -0.05) is 47.5 Å². The molecule has 0 aliphatic heterocycles. The van der Waals surface area contributed by atoms with E-state index in [1.165, 1.54) is 19.3 Å². The van der Waals surface area contributed by atoms with E-state index in [9.17, 15) is 0 Å². The first-order valence-corrected chi connectivity index (χ1v) is 6.56. The molecule has 3 unspecified atom stereocenters. The SMILES string of the molecule is CCCC(C)CC(NC)C(OC)C(C)(C)C. The molecule has 0 aliphatic carbocycles. The molecule has 0 fully saturated rings. The highest BCUT2D eigenvalue weighted by Gasteiger charge is 2.32. The molecule has 0 heterocycles. The van der Waals surface area contributed by atoms with E-state index in [0.717, 1.165) is 5.92 Å². The average molecular weight is 229 g/mol. The number of rotatable bonds is 7. The van der Waals surface area contributed by atoms with Gasteiger partial charge in [-0.05, 0) is 24.8 Å². The Labute approximate surface area is 102 Å². The molecule has 0 rings (SSSR count). The van der Waals surface area contributed by atoms with Crippen molar-refractivity contribution in [2.45, 2.75) is 66.0 Å². The normalized spacial score (nSPS) is 18.2. The van der Waals surface area contributed by atoms with Gasteiger partial charge in [-0.2, -0.15) is 0 Å². The van der Waals surface area contributed by atoms with E-state index in [-0.39, 0.29) is 11.5 Å². The van der Waals surface area contributed by atoms with Crippen molar-refractivity contribution >= 4 is 0 Å². The fourth-order valence-corrected chi connectivity index (χ4v) is 2.56. The Hall–Kier alpha value is -0.0800. The summed E-state index contributed by atoms with van der Waals surface area (Å²) in [6, 6.07) is 0.451. The lowest BCUT2D eigenvalue weighted by Gasteiger charge is -2.37. The molecule has 0 spiro atoms. The van der Waals surface area contributed by atoms with Gasteiger partial charge in [-0.15, -0.1) is 0 Å². The largest absolute Gasteiger partial charge is 0.379 e.